The molecular formula is C38H54ClN3O10S. The third kappa shape index (κ3) is 9.88. The molecule has 2 saturated heterocycles. The fourth-order valence-corrected chi connectivity index (χ4v) is 7.23. The SMILES string of the molecule is COc1cc2cc(c1Cl)N(C)C(=O)C[C@H](OC(=O)[C@H](C)N(C)C(=O)CCC(C)(C)S)[C@]1(C)OC1C(C)[C@@H]1C[C@@](O)(NC(=O)O1)[C@H](OC)C=CC=C(C)C2. The number of fused-ring (bicyclic) bond motifs is 5. The zero-order valence-corrected chi connectivity index (χ0v) is 33.9. The number of carbonyl (C=O) groups excluding carboxylic acids is 4. The predicted octanol–water partition coefficient (Wildman–Crippen LogP) is 5.00. The number of alkyl carbamates (subject to hydrolysis) is 1. The highest BCUT2D eigenvalue weighted by atomic mass is 35.5. The van der Waals surface area contributed by atoms with E-state index in [1.807, 2.05) is 26.8 Å². The molecule has 2 fully saturated rings. The molecule has 294 valence electrons. The molecule has 1 aromatic rings. The van der Waals surface area contributed by atoms with Crippen molar-refractivity contribution in [1.29, 1.82) is 0 Å². The summed E-state index contributed by atoms with van der Waals surface area (Å²) in [7, 11) is 6.02. The van der Waals surface area contributed by atoms with Crippen LogP contribution in [0.4, 0.5) is 10.5 Å². The number of methoxy groups -OCH3 is 2. The lowest BCUT2D eigenvalue weighted by Gasteiger charge is -2.42. The molecule has 3 aliphatic heterocycles. The van der Waals surface area contributed by atoms with Crippen molar-refractivity contribution in [3.8, 4) is 5.75 Å². The number of allylic oxidation sites excluding steroid dienone is 3. The van der Waals surface area contributed by atoms with E-state index in [0.29, 0.717) is 24.3 Å². The Morgan fingerprint density at radius 3 is 2.57 bits per heavy atom. The molecule has 0 aliphatic carbocycles. The fourth-order valence-electron chi connectivity index (χ4n) is 6.81. The lowest BCUT2D eigenvalue weighted by molar-refractivity contribution is -0.162. The normalized spacial score (nSPS) is 29.9. The molecule has 2 unspecified atom stereocenters. The van der Waals surface area contributed by atoms with E-state index < -0.39 is 65.7 Å². The molecule has 3 amide bonds. The average Bonchev–Trinajstić information content (AvgIpc) is 3.78. The zero-order valence-electron chi connectivity index (χ0n) is 32.2. The number of hydrogen-bond donors (Lipinski definition) is 3. The second-order valence-corrected chi connectivity index (χ2v) is 16.8. The minimum absolute atomic E-state index is 0.0509. The van der Waals surface area contributed by atoms with Gasteiger partial charge >= 0.3 is 12.1 Å². The maximum atomic E-state index is 14.1. The Labute approximate surface area is 322 Å². The van der Waals surface area contributed by atoms with E-state index in [1.54, 1.807) is 52.1 Å². The smallest absolute Gasteiger partial charge is 0.409 e. The van der Waals surface area contributed by atoms with Crippen LogP contribution in [0.2, 0.25) is 5.02 Å². The first kappa shape index (κ1) is 42.4. The Morgan fingerprint density at radius 2 is 1.94 bits per heavy atom. The van der Waals surface area contributed by atoms with E-state index in [2.05, 4.69) is 17.9 Å². The standard InChI is InChI=1S/C38H54ClN3O10S/c1-21-12-11-13-28(49-10)38(47)20-27(50-35(46)40-38)22(2)33-37(6,52-33)29(51-34(45)23(3)41(7)30(43)14-15-36(4,5)53)19-31(44)42(8)25-17-24(16-21)18-26(48-9)32(25)39/h11-13,17-18,22-23,27-29,33,47,53H,14-16,19-20H2,1-10H3,(H,40,46)/t22?,23-,27-,28+,29-,33?,37-,38-/m0/s1. The minimum Gasteiger partial charge on any atom is -0.495 e. The second-order valence-electron chi connectivity index (χ2n) is 15.2. The number of likely N-dealkylation sites (N-methyl/N-ethyl adjacent to an activating group) is 1. The van der Waals surface area contributed by atoms with Gasteiger partial charge in [0.15, 0.2) is 5.72 Å². The van der Waals surface area contributed by atoms with Gasteiger partial charge in [-0.2, -0.15) is 12.6 Å². The summed E-state index contributed by atoms with van der Waals surface area (Å²) in [5.41, 5.74) is -0.916. The predicted molar refractivity (Wildman–Crippen MR) is 203 cm³/mol. The molecule has 0 saturated carbocycles. The number of anilines is 1. The molecule has 0 spiro atoms. The van der Waals surface area contributed by atoms with Gasteiger partial charge in [0.2, 0.25) is 11.8 Å². The van der Waals surface area contributed by atoms with Gasteiger partial charge in [-0.1, -0.05) is 56.2 Å². The quantitative estimate of drug-likeness (QED) is 0.187. The van der Waals surface area contributed by atoms with E-state index in [0.717, 1.165) is 11.1 Å². The minimum atomic E-state index is -1.83. The number of esters is 1. The van der Waals surface area contributed by atoms with Gasteiger partial charge in [-0.3, -0.25) is 14.9 Å². The van der Waals surface area contributed by atoms with Crippen molar-refractivity contribution in [3.63, 3.8) is 0 Å². The molecule has 3 heterocycles. The lowest BCUT2D eigenvalue weighted by Crippen LogP contribution is -2.63. The van der Waals surface area contributed by atoms with Crippen molar-refractivity contribution >= 4 is 53.8 Å². The molecule has 0 aromatic heterocycles. The number of nitrogens with zero attached hydrogens (tertiary/aromatic N) is 2. The van der Waals surface area contributed by atoms with Crippen LogP contribution in [0.1, 0.15) is 72.8 Å². The van der Waals surface area contributed by atoms with Crippen LogP contribution in [0.5, 0.6) is 5.75 Å². The van der Waals surface area contributed by atoms with Gasteiger partial charge in [0.05, 0.1) is 25.3 Å². The van der Waals surface area contributed by atoms with E-state index in [4.69, 9.17) is 35.3 Å². The summed E-state index contributed by atoms with van der Waals surface area (Å²) in [6.45, 7) is 10.8. The van der Waals surface area contributed by atoms with Gasteiger partial charge in [-0.05, 0) is 51.3 Å². The van der Waals surface area contributed by atoms with Crippen molar-refractivity contribution in [2.45, 2.75) is 120 Å². The summed E-state index contributed by atoms with van der Waals surface area (Å²) in [4.78, 5) is 56.5. The molecular weight excluding hydrogens is 726 g/mol. The number of carbonyl (C=O) groups is 4. The van der Waals surface area contributed by atoms with Gasteiger partial charge in [-0.15, -0.1) is 0 Å². The molecule has 3 aliphatic rings. The molecule has 8 atom stereocenters. The van der Waals surface area contributed by atoms with E-state index >= 15 is 0 Å². The molecule has 2 N–H and O–H groups in total. The number of benzene rings is 1. The van der Waals surface area contributed by atoms with Crippen LogP contribution in [-0.2, 0) is 39.8 Å². The first-order valence-electron chi connectivity index (χ1n) is 17.7. The third-order valence-corrected chi connectivity index (χ3v) is 11.1. The first-order valence-corrected chi connectivity index (χ1v) is 18.5. The molecule has 4 rings (SSSR count). The second kappa shape index (κ2) is 16.6. The van der Waals surface area contributed by atoms with Crippen LogP contribution in [0.25, 0.3) is 0 Å². The van der Waals surface area contributed by atoms with Crippen molar-refractivity contribution in [2.24, 2.45) is 5.92 Å². The summed E-state index contributed by atoms with van der Waals surface area (Å²) in [6, 6.07) is 2.60. The topological polar surface area (TPSA) is 156 Å². The van der Waals surface area contributed by atoms with Gasteiger partial charge in [-0.25, -0.2) is 9.59 Å². The number of rotatable bonds is 8. The highest BCUT2D eigenvalue weighted by Gasteiger charge is 2.64. The van der Waals surface area contributed by atoms with Crippen molar-refractivity contribution in [3.05, 3.63) is 46.5 Å². The number of thiol groups is 1. The number of hydrogen-bond acceptors (Lipinski definition) is 11. The van der Waals surface area contributed by atoms with Crippen LogP contribution < -0.4 is 15.0 Å². The van der Waals surface area contributed by atoms with E-state index in [9.17, 15) is 24.3 Å². The fraction of sp³-hybridized carbons (Fsp3) is 0.632. The van der Waals surface area contributed by atoms with Crippen molar-refractivity contribution < 1.29 is 48.0 Å². The molecule has 13 nitrogen and oxygen atoms in total. The van der Waals surface area contributed by atoms with E-state index in [1.165, 1.54) is 31.1 Å². The Bertz CT molecular complexity index is 1630. The maximum Gasteiger partial charge on any atom is 0.409 e. The summed E-state index contributed by atoms with van der Waals surface area (Å²) in [6.07, 6.45) is 1.61. The zero-order chi connectivity index (χ0) is 39.6. The summed E-state index contributed by atoms with van der Waals surface area (Å²) >= 11 is 11.3. The van der Waals surface area contributed by atoms with Gasteiger partial charge in [0, 0.05) is 44.7 Å². The highest BCUT2D eigenvalue weighted by Crippen LogP contribution is 2.49. The number of aliphatic hydroxyl groups is 1. The summed E-state index contributed by atoms with van der Waals surface area (Å²) < 4.78 is 28.8. The van der Waals surface area contributed by atoms with Gasteiger partial charge in [0.1, 0.15) is 40.7 Å². The number of epoxide rings is 1. The Balaban J connectivity index is 1.74. The average molecular weight is 780 g/mol. The Morgan fingerprint density at radius 1 is 1.26 bits per heavy atom. The molecule has 15 heteroatoms. The van der Waals surface area contributed by atoms with Crippen LogP contribution in [0.15, 0.2) is 35.9 Å². The molecule has 1 aromatic carbocycles. The van der Waals surface area contributed by atoms with Crippen LogP contribution >= 0.6 is 24.2 Å². The number of amides is 3. The van der Waals surface area contributed by atoms with Crippen molar-refractivity contribution in [1.82, 2.24) is 10.2 Å². The third-order valence-electron chi connectivity index (χ3n) is 10.5. The number of ether oxygens (including phenoxy) is 5. The Kier molecular flexibility index (Phi) is 13.3. The number of halogens is 1. The largest absolute Gasteiger partial charge is 0.495 e. The van der Waals surface area contributed by atoms with Crippen LogP contribution in [0, 0.1) is 5.92 Å². The van der Waals surface area contributed by atoms with Crippen LogP contribution in [-0.4, -0.2) is 109 Å². The van der Waals surface area contributed by atoms with Crippen molar-refractivity contribution in [2.75, 3.05) is 33.2 Å². The number of nitrogens with one attached hydrogen (secondary N) is 1. The molecule has 4 bridgehead atoms. The lowest BCUT2D eigenvalue weighted by atomic mass is 9.83. The van der Waals surface area contributed by atoms with E-state index in [-0.39, 0.29) is 34.9 Å². The van der Waals surface area contributed by atoms with Gasteiger partial charge < -0.3 is 38.6 Å². The summed E-state index contributed by atoms with van der Waals surface area (Å²) in [5.74, 6) is -1.58. The summed E-state index contributed by atoms with van der Waals surface area (Å²) in [5, 5.41) is 14.5. The highest BCUT2D eigenvalue weighted by molar-refractivity contribution is 7.81. The molecule has 53 heavy (non-hydrogen) atoms. The Hall–Kier alpha value is -3.30. The monoisotopic (exact) mass is 779 g/mol. The van der Waals surface area contributed by atoms with Crippen LogP contribution in [0.3, 0.4) is 0 Å². The maximum absolute atomic E-state index is 14.1. The van der Waals surface area contributed by atoms with Gasteiger partial charge in [0.25, 0.3) is 0 Å². The first-order chi connectivity index (χ1) is 24.6. The molecule has 0 radical (unpaired) electrons.